The molecule has 2 fully saturated rings. The van der Waals surface area contributed by atoms with Gasteiger partial charge in [0, 0.05) is 18.0 Å². The number of ether oxygens (including phenoxy) is 2. The van der Waals surface area contributed by atoms with Crippen molar-refractivity contribution in [3.05, 3.63) is 106 Å². The first-order valence-electron chi connectivity index (χ1n) is 15.3. The van der Waals surface area contributed by atoms with Gasteiger partial charge in [0.1, 0.15) is 0 Å². The number of hydrogen-bond donors (Lipinski definition) is 1. The lowest BCUT2D eigenvalue weighted by Crippen LogP contribution is -2.45. The van der Waals surface area contributed by atoms with Crippen LogP contribution in [-0.4, -0.2) is 52.5 Å². The molecular formula is C35H40N2O5. The lowest BCUT2D eigenvalue weighted by Gasteiger charge is -2.43. The van der Waals surface area contributed by atoms with Crippen LogP contribution in [0.3, 0.4) is 0 Å². The van der Waals surface area contributed by atoms with Gasteiger partial charge in [-0.05, 0) is 54.8 Å². The van der Waals surface area contributed by atoms with Crippen molar-refractivity contribution in [3.8, 4) is 0 Å². The molecule has 0 bridgehead atoms. The van der Waals surface area contributed by atoms with E-state index >= 15 is 0 Å². The third-order valence-electron chi connectivity index (χ3n) is 8.98. The molecule has 7 heteroatoms. The second kappa shape index (κ2) is 12.9. The van der Waals surface area contributed by atoms with Crippen LogP contribution >= 0.6 is 0 Å². The van der Waals surface area contributed by atoms with E-state index in [-0.39, 0.29) is 43.1 Å². The van der Waals surface area contributed by atoms with Crippen molar-refractivity contribution in [2.24, 2.45) is 5.92 Å². The van der Waals surface area contributed by atoms with Gasteiger partial charge in [0.05, 0.1) is 36.5 Å². The van der Waals surface area contributed by atoms with E-state index in [1.54, 1.807) is 24.3 Å². The summed E-state index contributed by atoms with van der Waals surface area (Å²) < 4.78 is 13.3. The van der Waals surface area contributed by atoms with Gasteiger partial charge in [0.2, 0.25) is 0 Å². The number of benzene rings is 3. The Morgan fingerprint density at radius 3 is 1.93 bits per heavy atom. The maximum Gasteiger partial charge on any atom is 0.261 e. The Kier molecular flexibility index (Phi) is 8.81. The summed E-state index contributed by atoms with van der Waals surface area (Å²) in [6.45, 7) is 5.50. The molecule has 4 unspecified atom stereocenters. The Morgan fingerprint density at radius 1 is 0.738 bits per heavy atom. The van der Waals surface area contributed by atoms with E-state index < -0.39 is 6.29 Å². The molecular weight excluding hydrogens is 528 g/mol. The minimum absolute atomic E-state index is 0.0104. The van der Waals surface area contributed by atoms with Crippen LogP contribution in [0.1, 0.15) is 94.4 Å². The predicted octanol–water partition coefficient (Wildman–Crippen LogP) is 6.03. The molecule has 42 heavy (non-hydrogen) atoms. The first-order valence-corrected chi connectivity index (χ1v) is 15.3. The SMILES string of the molecule is CC1C(CN2CCCCCCC2)OC(c2ccc(CN3C(=O)c4ccccc4C3=O)cc2)OC1c1ccc(CO)cc1. The van der Waals surface area contributed by atoms with Crippen LogP contribution in [0, 0.1) is 5.92 Å². The molecule has 220 valence electrons. The molecule has 2 saturated heterocycles. The average Bonchev–Trinajstić information content (AvgIpc) is 3.24. The highest BCUT2D eigenvalue weighted by molar-refractivity contribution is 6.21. The summed E-state index contributed by atoms with van der Waals surface area (Å²) in [6.07, 6.45) is 5.64. The number of amides is 2. The van der Waals surface area contributed by atoms with E-state index in [1.165, 1.54) is 37.0 Å². The maximum absolute atomic E-state index is 12.9. The fourth-order valence-electron chi connectivity index (χ4n) is 6.42. The Hall–Kier alpha value is -3.36. The smallest absolute Gasteiger partial charge is 0.261 e. The summed E-state index contributed by atoms with van der Waals surface area (Å²) in [5.74, 6) is -0.371. The monoisotopic (exact) mass is 568 g/mol. The molecule has 0 radical (unpaired) electrons. The Morgan fingerprint density at radius 2 is 1.31 bits per heavy atom. The molecule has 4 atom stereocenters. The summed E-state index contributed by atoms with van der Waals surface area (Å²) in [4.78, 5) is 29.6. The first kappa shape index (κ1) is 28.7. The van der Waals surface area contributed by atoms with E-state index in [0.717, 1.165) is 41.9 Å². The molecule has 0 aromatic heterocycles. The quantitative estimate of drug-likeness (QED) is 0.351. The standard InChI is InChI=1S/C35H40N2O5/c1-24-31(22-36-19-7-3-2-4-8-20-36)41-35(42-32(24)27-15-13-26(23-38)14-16-27)28-17-11-25(12-18-28)21-37-33(39)29-9-5-6-10-30(29)34(37)40/h5-6,9-18,24,31-32,35,38H,2-4,7-8,19-23H2,1H3. The molecule has 0 aliphatic carbocycles. The molecule has 3 heterocycles. The number of aliphatic hydroxyl groups is 1. The van der Waals surface area contributed by atoms with Gasteiger partial charge >= 0.3 is 0 Å². The summed E-state index contributed by atoms with van der Waals surface area (Å²) >= 11 is 0. The Balaban J connectivity index is 1.20. The first-order chi connectivity index (χ1) is 20.5. The number of carbonyl (C=O) groups is 2. The highest BCUT2D eigenvalue weighted by Crippen LogP contribution is 2.42. The zero-order valence-electron chi connectivity index (χ0n) is 24.3. The Labute approximate surface area is 248 Å². The molecule has 2 amide bonds. The molecule has 1 N–H and O–H groups in total. The Bertz CT molecular complexity index is 1350. The minimum atomic E-state index is -0.545. The molecule has 3 aromatic carbocycles. The predicted molar refractivity (Wildman–Crippen MR) is 160 cm³/mol. The van der Waals surface area contributed by atoms with Crippen molar-refractivity contribution in [3.63, 3.8) is 0 Å². The van der Waals surface area contributed by atoms with E-state index in [1.807, 2.05) is 48.5 Å². The summed E-state index contributed by atoms with van der Waals surface area (Å²) in [7, 11) is 0. The van der Waals surface area contributed by atoms with Crippen molar-refractivity contribution >= 4 is 11.8 Å². The van der Waals surface area contributed by atoms with Gasteiger partial charge in [-0.25, -0.2) is 0 Å². The fourth-order valence-corrected chi connectivity index (χ4v) is 6.42. The molecule has 0 saturated carbocycles. The van der Waals surface area contributed by atoms with Crippen LogP contribution in [0.5, 0.6) is 0 Å². The number of fused-ring (bicyclic) bond motifs is 1. The molecule has 7 nitrogen and oxygen atoms in total. The summed E-state index contributed by atoms with van der Waals surface area (Å²) in [5.41, 5.74) is 4.64. The van der Waals surface area contributed by atoms with Gasteiger partial charge in [0.15, 0.2) is 6.29 Å². The normalized spacial score (nSPS) is 25.2. The molecule has 3 aliphatic rings. The van der Waals surface area contributed by atoms with E-state index in [2.05, 4.69) is 11.8 Å². The lowest BCUT2D eigenvalue weighted by molar-refractivity contribution is -0.276. The van der Waals surface area contributed by atoms with Gasteiger partial charge in [0.25, 0.3) is 11.8 Å². The largest absolute Gasteiger partial charge is 0.392 e. The van der Waals surface area contributed by atoms with Gasteiger partial charge in [-0.15, -0.1) is 0 Å². The van der Waals surface area contributed by atoms with Gasteiger partial charge < -0.3 is 19.5 Å². The van der Waals surface area contributed by atoms with Crippen molar-refractivity contribution in [1.82, 2.24) is 9.80 Å². The number of carbonyl (C=O) groups excluding carboxylic acids is 2. The lowest BCUT2D eigenvalue weighted by atomic mass is 9.89. The molecule has 3 aromatic rings. The van der Waals surface area contributed by atoms with Gasteiger partial charge in [-0.2, -0.15) is 0 Å². The third-order valence-corrected chi connectivity index (χ3v) is 8.98. The zero-order chi connectivity index (χ0) is 29.1. The van der Waals surface area contributed by atoms with Crippen LogP contribution in [-0.2, 0) is 22.6 Å². The number of likely N-dealkylation sites (tertiary alicyclic amines) is 1. The summed E-state index contributed by atoms with van der Waals surface area (Å²) in [6, 6.07) is 22.8. The van der Waals surface area contributed by atoms with Crippen LogP contribution in [0.2, 0.25) is 0 Å². The minimum Gasteiger partial charge on any atom is -0.392 e. The second-order valence-corrected chi connectivity index (χ2v) is 11.9. The van der Waals surface area contributed by atoms with Crippen LogP contribution in [0.4, 0.5) is 0 Å². The number of imide groups is 1. The maximum atomic E-state index is 12.9. The van der Waals surface area contributed by atoms with Crippen LogP contribution in [0.15, 0.2) is 72.8 Å². The van der Waals surface area contributed by atoms with E-state index in [9.17, 15) is 14.7 Å². The van der Waals surface area contributed by atoms with Crippen LogP contribution in [0.25, 0.3) is 0 Å². The van der Waals surface area contributed by atoms with Crippen molar-refractivity contribution in [1.29, 1.82) is 0 Å². The van der Waals surface area contributed by atoms with Crippen molar-refractivity contribution in [2.45, 2.75) is 70.7 Å². The van der Waals surface area contributed by atoms with E-state index in [0.29, 0.717) is 11.1 Å². The number of aliphatic hydroxyl groups excluding tert-OH is 1. The van der Waals surface area contributed by atoms with Crippen molar-refractivity contribution < 1.29 is 24.2 Å². The molecule has 3 aliphatic heterocycles. The second-order valence-electron chi connectivity index (χ2n) is 11.9. The highest BCUT2D eigenvalue weighted by Gasteiger charge is 2.39. The fraction of sp³-hybridized carbons (Fsp3) is 0.429. The van der Waals surface area contributed by atoms with Gasteiger partial charge in [-0.3, -0.25) is 14.5 Å². The molecule has 6 rings (SSSR count). The van der Waals surface area contributed by atoms with E-state index in [4.69, 9.17) is 9.47 Å². The number of rotatable bonds is 7. The average molecular weight is 569 g/mol. The van der Waals surface area contributed by atoms with Crippen molar-refractivity contribution in [2.75, 3.05) is 19.6 Å². The highest BCUT2D eigenvalue weighted by atomic mass is 16.7. The molecule has 0 spiro atoms. The third kappa shape index (κ3) is 6.06. The van der Waals surface area contributed by atoms with Gasteiger partial charge in [-0.1, -0.05) is 86.8 Å². The topological polar surface area (TPSA) is 79.3 Å². The number of nitrogens with zero attached hydrogens (tertiary/aromatic N) is 2. The van der Waals surface area contributed by atoms with Crippen LogP contribution < -0.4 is 0 Å². The zero-order valence-corrected chi connectivity index (χ0v) is 24.3. The summed E-state index contributed by atoms with van der Waals surface area (Å²) in [5, 5.41) is 9.54. The number of hydrogen-bond acceptors (Lipinski definition) is 6.